The van der Waals surface area contributed by atoms with Gasteiger partial charge in [0.05, 0.1) is 25.6 Å². The highest BCUT2D eigenvalue weighted by molar-refractivity contribution is 6.09. The second kappa shape index (κ2) is 8.99. The number of aryl methyl sites for hydroxylation is 1. The van der Waals surface area contributed by atoms with Crippen LogP contribution >= 0.6 is 0 Å². The molecule has 1 heterocycles. The molecule has 2 aromatic carbocycles. The third kappa shape index (κ3) is 4.35. The lowest BCUT2D eigenvalue weighted by molar-refractivity contribution is 0.0996. The molecule has 156 valence electrons. The number of amides is 2. The number of carbonyl (C=O) groups excluding carboxylic acids is 2. The minimum Gasteiger partial charge on any atom is -0.493 e. The summed E-state index contributed by atoms with van der Waals surface area (Å²) in [6.45, 7) is 1.96. The van der Waals surface area contributed by atoms with Crippen LogP contribution in [0.3, 0.4) is 0 Å². The monoisotopic (exact) mass is 410 g/mol. The second-order valence-corrected chi connectivity index (χ2v) is 6.37. The van der Waals surface area contributed by atoms with Gasteiger partial charge in [-0.1, -0.05) is 30.3 Å². The van der Waals surface area contributed by atoms with Crippen LogP contribution < -0.4 is 25.3 Å². The number of H-pyrrole nitrogens is 1. The predicted octanol–water partition coefficient (Wildman–Crippen LogP) is 2.67. The standard InChI is InChI=1S/C21H22N4O5/c1-12-17(18(20(22)26)25-24-12)23-21(27)14-9-15(28-2)19(16(10-14)29-3)30-11-13-7-5-4-6-8-13/h4-10H,11H2,1-3H3,(H2,22,26)(H,23,27)(H,24,25). The molecule has 0 fully saturated rings. The van der Waals surface area contributed by atoms with Crippen molar-refractivity contribution in [3.8, 4) is 17.2 Å². The molecule has 0 spiro atoms. The van der Waals surface area contributed by atoms with Crippen molar-refractivity contribution in [2.45, 2.75) is 13.5 Å². The first kappa shape index (κ1) is 20.7. The maximum atomic E-state index is 12.8. The zero-order valence-electron chi connectivity index (χ0n) is 16.8. The first-order valence-corrected chi connectivity index (χ1v) is 9.03. The zero-order valence-corrected chi connectivity index (χ0v) is 16.8. The van der Waals surface area contributed by atoms with Crippen molar-refractivity contribution in [3.05, 3.63) is 65.0 Å². The van der Waals surface area contributed by atoms with E-state index in [4.69, 9.17) is 19.9 Å². The number of rotatable bonds is 8. The fourth-order valence-electron chi connectivity index (χ4n) is 2.83. The van der Waals surface area contributed by atoms with Gasteiger partial charge < -0.3 is 25.3 Å². The van der Waals surface area contributed by atoms with E-state index in [0.717, 1.165) is 5.56 Å². The van der Waals surface area contributed by atoms with Gasteiger partial charge in [0, 0.05) is 5.56 Å². The molecule has 0 bridgehead atoms. The van der Waals surface area contributed by atoms with E-state index in [1.807, 2.05) is 30.3 Å². The Morgan fingerprint density at radius 1 is 1.10 bits per heavy atom. The molecule has 0 saturated heterocycles. The van der Waals surface area contributed by atoms with Crippen molar-refractivity contribution >= 4 is 17.5 Å². The molecule has 0 radical (unpaired) electrons. The summed E-state index contributed by atoms with van der Waals surface area (Å²) in [7, 11) is 2.94. The number of primary amides is 1. The molecule has 0 aliphatic heterocycles. The highest BCUT2D eigenvalue weighted by Crippen LogP contribution is 2.39. The van der Waals surface area contributed by atoms with Gasteiger partial charge in [-0.3, -0.25) is 14.7 Å². The number of methoxy groups -OCH3 is 2. The molecule has 9 heteroatoms. The van der Waals surface area contributed by atoms with Crippen LogP contribution in [0.2, 0.25) is 0 Å². The van der Waals surface area contributed by atoms with Crippen LogP contribution in [0.15, 0.2) is 42.5 Å². The van der Waals surface area contributed by atoms with Gasteiger partial charge in [0.25, 0.3) is 11.8 Å². The Morgan fingerprint density at radius 2 is 1.73 bits per heavy atom. The summed E-state index contributed by atoms with van der Waals surface area (Å²) in [6, 6.07) is 12.7. The number of carbonyl (C=O) groups is 2. The molecule has 0 atom stereocenters. The Morgan fingerprint density at radius 3 is 2.30 bits per heavy atom. The molecule has 9 nitrogen and oxygen atoms in total. The maximum absolute atomic E-state index is 12.8. The number of hydrogen-bond donors (Lipinski definition) is 3. The Kier molecular flexibility index (Phi) is 6.21. The molecule has 3 rings (SSSR count). The molecule has 0 saturated carbocycles. The SMILES string of the molecule is COc1cc(C(=O)Nc2c(C(N)=O)n[nH]c2C)cc(OC)c1OCc1ccccc1. The third-order valence-electron chi connectivity index (χ3n) is 4.37. The summed E-state index contributed by atoms with van der Waals surface area (Å²) in [5.41, 5.74) is 7.18. The molecule has 4 N–H and O–H groups in total. The molecule has 2 amide bonds. The van der Waals surface area contributed by atoms with E-state index < -0.39 is 11.8 Å². The van der Waals surface area contributed by atoms with Crippen molar-refractivity contribution < 1.29 is 23.8 Å². The van der Waals surface area contributed by atoms with Gasteiger partial charge in [0.15, 0.2) is 17.2 Å². The van der Waals surface area contributed by atoms with E-state index in [9.17, 15) is 9.59 Å². The molecule has 0 unspecified atom stereocenters. The zero-order chi connectivity index (χ0) is 21.7. The summed E-state index contributed by atoms with van der Waals surface area (Å²) in [4.78, 5) is 24.3. The lowest BCUT2D eigenvalue weighted by Gasteiger charge is -2.16. The smallest absolute Gasteiger partial charge is 0.271 e. The number of hydrogen-bond acceptors (Lipinski definition) is 6. The van der Waals surface area contributed by atoms with Crippen LogP contribution in [0.25, 0.3) is 0 Å². The molecule has 1 aromatic heterocycles. The molecular weight excluding hydrogens is 388 g/mol. The van der Waals surface area contributed by atoms with Gasteiger partial charge in [-0.25, -0.2) is 0 Å². The van der Waals surface area contributed by atoms with Crippen LogP contribution in [0.5, 0.6) is 17.2 Å². The van der Waals surface area contributed by atoms with Crippen molar-refractivity contribution in [3.63, 3.8) is 0 Å². The maximum Gasteiger partial charge on any atom is 0.271 e. The number of nitrogens with zero attached hydrogens (tertiary/aromatic N) is 1. The number of aromatic amines is 1. The Balaban J connectivity index is 1.88. The molecule has 0 aliphatic rings. The average molecular weight is 410 g/mol. The number of anilines is 1. The van der Waals surface area contributed by atoms with Crippen LogP contribution in [-0.4, -0.2) is 36.2 Å². The first-order valence-electron chi connectivity index (χ1n) is 9.03. The minimum atomic E-state index is -0.755. The molecule has 30 heavy (non-hydrogen) atoms. The highest BCUT2D eigenvalue weighted by Gasteiger charge is 2.21. The third-order valence-corrected chi connectivity index (χ3v) is 4.37. The van der Waals surface area contributed by atoms with Gasteiger partial charge in [0.1, 0.15) is 6.61 Å². The molecule has 0 aliphatic carbocycles. The quantitative estimate of drug-likeness (QED) is 0.524. The van der Waals surface area contributed by atoms with E-state index in [1.54, 1.807) is 6.92 Å². The molecule has 3 aromatic rings. The van der Waals surface area contributed by atoms with E-state index in [-0.39, 0.29) is 16.9 Å². The number of nitrogens with two attached hydrogens (primary N) is 1. The summed E-state index contributed by atoms with van der Waals surface area (Å²) >= 11 is 0. The number of nitrogens with one attached hydrogen (secondary N) is 2. The molecular formula is C21H22N4O5. The summed E-state index contributed by atoms with van der Waals surface area (Å²) < 4.78 is 16.7. The van der Waals surface area contributed by atoms with Crippen LogP contribution in [-0.2, 0) is 6.61 Å². The van der Waals surface area contributed by atoms with Crippen molar-refractivity contribution in [2.75, 3.05) is 19.5 Å². The lowest BCUT2D eigenvalue weighted by atomic mass is 10.1. The van der Waals surface area contributed by atoms with Gasteiger partial charge in [-0.2, -0.15) is 5.10 Å². The topological polar surface area (TPSA) is 129 Å². The number of aromatic nitrogens is 2. The van der Waals surface area contributed by atoms with E-state index in [2.05, 4.69) is 15.5 Å². The van der Waals surface area contributed by atoms with E-state index in [0.29, 0.717) is 29.5 Å². The van der Waals surface area contributed by atoms with Crippen molar-refractivity contribution in [1.82, 2.24) is 10.2 Å². The van der Waals surface area contributed by atoms with E-state index >= 15 is 0 Å². The van der Waals surface area contributed by atoms with Crippen LogP contribution in [0, 0.1) is 6.92 Å². The Hall–Kier alpha value is -4.01. The predicted molar refractivity (Wildman–Crippen MR) is 110 cm³/mol. The fourth-order valence-corrected chi connectivity index (χ4v) is 2.83. The van der Waals surface area contributed by atoms with Gasteiger partial charge in [-0.05, 0) is 24.6 Å². The summed E-state index contributed by atoms with van der Waals surface area (Å²) in [5.74, 6) is -0.218. The van der Waals surface area contributed by atoms with Crippen molar-refractivity contribution in [1.29, 1.82) is 0 Å². The fraction of sp³-hybridized carbons (Fsp3) is 0.190. The highest BCUT2D eigenvalue weighted by atomic mass is 16.5. The minimum absolute atomic E-state index is 0.0532. The van der Waals surface area contributed by atoms with Crippen molar-refractivity contribution in [2.24, 2.45) is 5.73 Å². The van der Waals surface area contributed by atoms with E-state index in [1.165, 1.54) is 26.4 Å². The Labute approximate surface area is 173 Å². The van der Waals surface area contributed by atoms with Gasteiger partial charge in [-0.15, -0.1) is 0 Å². The number of benzene rings is 2. The average Bonchev–Trinajstić information content (AvgIpc) is 3.12. The van der Waals surface area contributed by atoms with Gasteiger partial charge in [0.2, 0.25) is 5.75 Å². The Bertz CT molecular complexity index is 1040. The van der Waals surface area contributed by atoms with Crippen LogP contribution in [0.1, 0.15) is 32.1 Å². The second-order valence-electron chi connectivity index (χ2n) is 6.37. The summed E-state index contributed by atoms with van der Waals surface area (Å²) in [5, 5.41) is 9.09. The van der Waals surface area contributed by atoms with Crippen LogP contribution in [0.4, 0.5) is 5.69 Å². The first-order chi connectivity index (χ1) is 14.4. The normalized spacial score (nSPS) is 10.4. The number of ether oxygens (including phenoxy) is 3. The van der Waals surface area contributed by atoms with Gasteiger partial charge >= 0.3 is 0 Å². The lowest BCUT2D eigenvalue weighted by Crippen LogP contribution is -2.18. The summed E-state index contributed by atoms with van der Waals surface area (Å²) in [6.07, 6.45) is 0. The largest absolute Gasteiger partial charge is 0.493 e.